The van der Waals surface area contributed by atoms with Gasteiger partial charge in [-0.25, -0.2) is 4.79 Å². The Morgan fingerprint density at radius 1 is 0.564 bits per heavy atom. The molecule has 0 saturated carbocycles. The van der Waals surface area contributed by atoms with E-state index in [4.69, 9.17) is 14.2 Å². The third kappa shape index (κ3) is 36.4. The van der Waals surface area contributed by atoms with E-state index in [1.807, 2.05) is 21.1 Å². The van der Waals surface area contributed by atoms with Crippen LogP contribution >= 0.6 is 0 Å². The first-order valence-corrected chi connectivity index (χ1v) is 21.9. The number of hydrogen-bond acceptors (Lipinski definition) is 6. The highest BCUT2D eigenvalue weighted by Gasteiger charge is 2.31. The van der Waals surface area contributed by atoms with Crippen molar-refractivity contribution in [2.45, 2.75) is 180 Å². The second kappa shape index (κ2) is 37.9. The number of ether oxygens (including phenoxy) is 3. The molecule has 0 aliphatic heterocycles. The molecule has 55 heavy (non-hydrogen) atoms. The van der Waals surface area contributed by atoms with Crippen LogP contribution in [0.5, 0.6) is 0 Å². The van der Waals surface area contributed by atoms with E-state index >= 15 is 0 Å². The fraction of sp³-hybridized carbons (Fsp3) is 0.723. The first-order chi connectivity index (χ1) is 26.6. The number of carboxylic acids is 1. The van der Waals surface area contributed by atoms with Crippen LogP contribution in [0.1, 0.15) is 168 Å². The maximum atomic E-state index is 12.7. The van der Waals surface area contributed by atoms with Gasteiger partial charge < -0.3 is 23.8 Å². The normalized spacial score (nSPS) is 13.5. The smallest absolute Gasteiger partial charge is 0.362 e. The first kappa shape index (κ1) is 52.0. The Bertz CT molecular complexity index is 1090. The molecule has 0 aromatic heterocycles. The van der Waals surface area contributed by atoms with Gasteiger partial charge >= 0.3 is 17.9 Å². The van der Waals surface area contributed by atoms with Crippen LogP contribution in [0.15, 0.2) is 60.8 Å². The number of carboxylic acid groups (broad SMARTS) is 1. The summed E-state index contributed by atoms with van der Waals surface area (Å²) in [5, 5.41) is 9.61. The number of unbranched alkanes of at least 4 members (excludes halogenated alkanes) is 17. The lowest BCUT2D eigenvalue weighted by Crippen LogP contribution is -2.50. The Labute approximate surface area is 337 Å². The largest absolute Gasteiger partial charge is 0.477 e. The summed E-state index contributed by atoms with van der Waals surface area (Å²) in [4.78, 5) is 36.9. The SMILES string of the molecule is CC/C=C/C=C/C=C/CCCCCCCCCC(=O)OC(COCCC(C(=O)O)[N+](C)(C)C)COC(=O)CCCCC/C=C/C=C/CCCCCCCCC. The summed E-state index contributed by atoms with van der Waals surface area (Å²) in [6.07, 6.45) is 45.5. The van der Waals surface area contributed by atoms with Crippen molar-refractivity contribution >= 4 is 17.9 Å². The molecule has 2 unspecified atom stereocenters. The van der Waals surface area contributed by atoms with Gasteiger partial charge in [-0.15, -0.1) is 0 Å². The number of likely N-dealkylation sites (N-methyl/N-ethyl adjacent to an activating group) is 1. The van der Waals surface area contributed by atoms with Crippen LogP contribution in [0.4, 0.5) is 0 Å². The maximum Gasteiger partial charge on any atom is 0.362 e. The minimum Gasteiger partial charge on any atom is -0.477 e. The van der Waals surface area contributed by atoms with Crippen molar-refractivity contribution in [2.75, 3.05) is 41.0 Å². The molecule has 8 heteroatoms. The molecule has 0 rings (SSSR count). The minimum atomic E-state index is -0.883. The molecular formula is C47H82NO7+. The highest BCUT2D eigenvalue weighted by Crippen LogP contribution is 2.13. The number of esters is 2. The van der Waals surface area contributed by atoms with E-state index in [2.05, 4.69) is 74.6 Å². The van der Waals surface area contributed by atoms with Gasteiger partial charge in [0.1, 0.15) is 6.61 Å². The summed E-state index contributed by atoms with van der Waals surface area (Å²) in [6, 6.07) is -0.622. The van der Waals surface area contributed by atoms with Gasteiger partial charge in [-0.05, 0) is 57.8 Å². The summed E-state index contributed by atoms with van der Waals surface area (Å²) >= 11 is 0. The average Bonchev–Trinajstić information content (AvgIpc) is 3.14. The Hall–Kier alpha value is -2.97. The lowest BCUT2D eigenvalue weighted by atomic mass is 10.1. The molecule has 0 fully saturated rings. The van der Waals surface area contributed by atoms with Crippen LogP contribution < -0.4 is 0 Å². The van der Waals surface area contributed by atoms with Crippen LogP contribution in [-0.4, -0.2) is 80.6 Å². The van der Waals surface area contributed by atoms with E-state index in [0.29, 0.717) is 19.3 Å². The lowest BCUT2D eigenvalue weighted by Gasteiger charge is -2.31. The zero-order valence-electron chi connectivity index (χ0n) is 35.9. The highest BCUT2D eigenvalue weighted by molar-refractivity contribution is 5.72. The van der Waals surface area contributed by atoms with Crippen molar-refractivity contribution in [3.05, 3.63) is 60.8 Å². The Morgan fingerprint density at radius 3 is 1.53 bits per heavy atom. The van der Waals surface area contributed by atoms with Crippen molar-refractivity contribution in [2.24, 2.45) is 0 Å². The van der Waals surface area contributed by atoms with Crippen LogP contribution in [0.3, 0.4) is 0 Å². The molecule has 0 aliphatic rings. The van der Waals surface area contributed by atoms with E-state index in [9.17, 15) is 19.5 Å². The van der Waals surface area contributed by atoms with Gasteiger partial charge in [-0.2, -0.15) is 0 Å². The molecule has 0 aromatic rings. The summed E-state index contributed by atoms with van der Waals surface area (Å²) in [5.41, 5.74) is 0. The van der Waals surface area contributed by atoms with Crippen molar-refractivity contribution in [1.82, 2.24) is 0 Å². The van der Waals surface area contributed by atoms with E-state index in [1.165, 1.54) is 64.2 Å². The molecule has 0 radical (unpaired) electrons. The van der Waals surface area contributed by atoms with E-state index in [1.54, 1.807) is 0 Å². The molecule has 0 aromatic carbocycles. The lowest BCUT2D eigenvalue weighted by molar-refractivity contribution is -0.887. The summed E-state index contributed by atoms with van der Waals surface area (Å²) in [7, 11) is 5.51. The van der Waals surface area contributed by atoms with Gasteiger partial charge in [0.2, 0.25) is 0 Å². The van der Waals surface area contributed by atoms with E-state index in [-0.39, 0.29) is 36.2 Å². The van der Waals surface area contributed by atoms with Gasteiger partial charge in [0.25, 0.3) is 0 Å². The maximum absolute atomic E-state index is 12.7. The van der Waals surface area contributed by atoms with Gasteiger partial charge in [0, 0.05) is 19.3 Å². The molecule has 0 spiro atoms. The molecule has 0 amide bonds. The third-order valence-electron chi connectivity index (χ3n) is 9.49. The summed E-state index contributed by atoms with van der Waals surface area (Å²) in [5.74, 6) is -1.52. The van der Waals surface area contributed by atoms with Crippen LogP contribution in [0, 0.1) is 0 Å². The van der Waals surface area contributed by atoms with Gasteiger partial charge in [0.15, 0.2) is 12.1 Å². The Morgan fingerprint density at radius 2 is 1.02 bits per heavy atom. The number of rotatable bonds is 38. The first-order valence-electron chi connectivity index (χ1n) is 21.9. The van der Waals surface area contributed by atoms with Crippen LogP contribution in [0.25, 0.3) is 0 Å². The number of hydrogen-bond donors (Lipinski definition) is 1. The minimum absolute atomic E-state index is 0.0453. The number of quaternary nitrogens is 1. The topological polar surface area (TPSA) is 99.1 Å². The van der Waals surface area contributed by atoms with E-state index < -0.39 is 18.1 Å². The molecule has 2 atom stereocenters. The molecule has 0 saturated heterocycles. The molecule has 8 nitrogen and oxygen atoms in total. The molecule has 316 valence electrons. The number of carbonyl (C=O) groups is 3. The van der Waals surface area contributed by atoms with Crippen molar-refractivity contribution < 1.29 is 38.2 Å². The molecule has 1 N–H and O–H groups in total. The van der Waals surface area contributed by atoms with Crippen molar-refractivity contribution in [3.63, 3.8) is 0 Å². The Balaban J connectivity index is 4.42. The summed E-state index contributed by atoms with van der Waals surface area (Å²) in [6.45, 7) is 4.55. The predicted molar refractivity (Wildman–Crippen MR) is 229 cm³/mol. The second-order valence-electron chi connectivity index (χ2n) is 15.7. The van der Waals surface area contributed by atoms with Crippen LogP contribution in [0.2, 0.25) is 0 Å². The predicted octanol–water partition coefficient (Wildman–Crippen LogP) is 11.8. The van der Waals surface area contributed by atoms with Gasteiger partial charge in [-0.3, -0.25) is 9.59 Å². The number of aliphatic carboxylic acids is 1. The summed E-state index contributed by atoms with van der Waals surface area (Å²) < 4.78 is 17.2. The third-order valence-corrected chi connectivity index (χ3v) is 9.49. The zero-order chi connectivity index (χ0) is 40.7. The number of carbonyl (C=O) groups excluding carboxylic acids is 2. The van der Waals surface area contributed by atoms with Gasteiger partial charge in [0.05, 0.1) is 34.4 Å². The van der Waals surface area contributed by atoms with Crippen molar-refractivity contribution in [1.29, 1.82) is 0 Å². The quantitative estimate of drug-likeness (QED) is 0.0289. The molecular weight excluding hydrogens is 691 g/mol. The average molecular weight is 773 g/mol. The number of allylic oxidation sites excluding steroid dienone is 10. The monoisotopic (exact) mass is 773 g/mol. The van der Waals surface area contributed by atoms with Crippen LogP contribution in [-0.2, 0) is 28.6 Å². The molecule has 0 aliphatic carbocycles. The standard InChI is InChI=1S/C47H81NO7/c1-6-8-10-12-14-16-18-20-22-24-25-27-29-31-33-35-37-45(49)54-42-43(41-53-40-39-44(47(51)52)48(3,4)5)55-46(50)38-36-34-32-30-28-26-23-21-19-17-15-13-11-9-7-2/h9,11,13,15,17,19,22,24-25,27,43-44H,6-8,10,12,14,16,18,20-21,23,26,28-42H2,1-5H3/p+1/b11-9+,15-13+,19-17+,24-22+,27-25+. The molecule has 0 heterocycles. The van der Waals surface area contributed by atoms with Gasteiger partial charge in [-0.1, -0.05) is 152 Å². The zero-order valence-corrected chi connectivity index (χ0v) is 35.9. The fourth-order valence-corrected chi connectivity index (χ4v) is 6.08. The Kier molecular flexibility index (Phi) is 35.9. The highest BCUT2D eigenvalue weighted by atomic mass is 16.6. The van der Waals surface area contributed by atoms with Crippen molar-refractivity contribution in [3.8, 4) is 0 Å². The van der Waals surface area contributed by atoms with E-state index in [0.717, 1.165) is 70.6 Å². The fourth-order valence-electron chi connectivity index (χ4n) is 6.08. The molecule has 0 bridgehead atoms. The number of nitrogens with zero attached hydrogens (tertiary/aromatic N) is 1. The second-order valence-corrected chi connectivity index (χ2v) is 15.7.